The van der Waals surface area contributed by atoms with Crippen molar-refractivity contribution in [3.63, 3.8) is 0 Å². The number of hydrogen-bond acceptors (Lipinski definition) is 10. The van der Waals surface area contributed by atoms with Crippen LogP contribution < -0.4 is 16.4 Å². The monoisotopic (exact) mass is 425 g/mol. The molecule has 2 aromatic heterocycles. The number of carbonyl (C=O) groups excluding carboxylic acids is 3. The third kappa shape index (κ3) is 4.81. The van der Waals surface area contributed by atoms with Crippen LogP contribution in [0.25, 0.3) is 0 Å². The van der Waals surface area contributed by atoms with Gasteiger partial charge in [0.25, 0.3) is 5.91 Å². The molecule has 1 aliphatic rings. The van der Waals surface area contributed by atoms with Crippen LogP contribution in [0.3, 0.4) is 0 Å². The summed E-state index contributed by atoms with van der Waals surface area (Å²) >= 11 is 2.56. The van der Waals surface area contributed by atoms with Crippen molar-refractivity contribution in [1.82, 2.24) is 10.2 Å². The van der Waals surface area contributed by atoms with Crippen molar-refractivity contribution in [3.05, 3.63) is 16.9 Å². The lowest BCUT2D eigenvalue weighted by Crippen LogP contribution is -2.21. The minimum absolute atomic E-state index is 0.0186. The fourth-order valence-corrected chi connectivity index (χ4v) is 3.96. The summed E-state index contributed by atoms with van der Waals surface area (Å²) in [4.78, 5) is 36.1. The fraction of sp³-hybridized carbons (Fsp3) is 0.438. The molecule has 0 saturated heterocycles. The molecule has 0 aliphatic heterocycles. The molecular weight excluding hydrogens is 406 g/mol. The first-order valence-electron chi connectivity index (χ1n) is 8.52. The summed E-state index contributed by atoms with van der Waals surface area (Å²) < 4.78 is 10.9. The number of furan rings is 1. The van der Waals surface area contributed by atoms with Gasteiger partial charge < -0.3 is 20.2 Å². The van der Waals surface area contributed by atoms with Crippen LogP contribution >= 0.6 is 23.1 Å². The normalized spacial score (nSPS) is 13.2. The number of aromatic nitrogens is 2. The second-order valence-electron chi connectivity index (χ2n) is 5.95. The summed E-state index contributed by atoms with van der Waals surface area (Å²) in [6, 6.07) is 0.470. The zero-order chi connectivity index (χ0) is 20.3. The number of aryl methyl sites for hydroxylation is 1. The lowest BCUT2D eigenvalue weighted by molar-refractivity contribution is -0.113. The Morgan fingerprint density at radius 1 is 1.32 bits per heavy atom. The maximum Gasteiger partial charge on any atom is 0.342 e. The second kappa shape index (κ2) is 8.61. The molecule has 1 fully saturated rings. The van der Waals surface area contributed by atoms with Gasteiger partial charge >= 0.3 is 5.97 Å². The minimum Gasteiger partial charge on any atom is -0.462 e. The number of ether oxygens (including phenoxy) is 1. The highest BCUT2D eigenvalue weighted by Gasteiger charge is 2.29. The van der Waals surface area contributed by atoms with Crippen LogP contribution in [0.2, 0.25) is 0 Å². The predicted molar refractivity (Wildman–Crippen MR) is 104 cm³/mol. The highest BCUT2D eigenvalue weighted by Crippen LogP contribution is 2.31. The highest BCUT2D eigenvalue weighted by molar-refractivity contribution is 8.01. The summed E-state index contributed by atoms with van der Waals surface area (Å²) in [6.07, 6.45) is 2.26. The molecule has 2 amide bonds. The Bertz CT molecular complexity index is 905. The van der Waals surface area contributed by atoms with Gasteiger partial charge in [-0.25, -0.2) is 4.79 Å². The molecule has 0 aromatic carbocycles. The van der Waals surface area contributed by atoms with Crippen molar-refractivity contribution in [2.75, 3.05) is 23.0 Å². The Kier molecular flexibility index (Phi) is 6.19. The van der Waals surface area contributed by atoms with Crippen molar-refractivity contribution in [3.8, 4) is 0 Å². The molecule has 2 aromatic rings. The van der Waals surface area contributed by atoms with Crippen LogP contribution in [0, 0.1) is 6.92 Å². The van der Waals surface area contributed by atoms with E-state index in [0.717, 1.165) is 18.0 Å². The molecule has 28 heavy (non-hydrogen) atoms. The predicted octanol–water partition coefficient (Wildman–Crippen LogP) is 2.02. The summed E-state index contributed by atoms with van der Waals surface area (Å²) in [7, 11) is 0. The van der Waals surface area contributed by atoms with E-state index in [2.05, 4.69) is 20.8 Å². The number of nitrogens with two attached hydrogens (primary N) is 1. The van der Waals surface area contributed by atoms with Crippen molar-refractivity contribution < 1.29 is 23.5 Å². The third-order valence-electron chi connectivity index (χ3n) is 3.70. The van der Waals surface area contributed by atoms with Crippen molar-refractivity contribution >= 4 is 51.9 Å². The fourth-order valence-electron chi connectivity index (χ4n) is 2.34. The summed E-state index contributed by atoms with van der Waals surface area (Å²) in [5.41, 5.74) is 5.07. The molecular formula is C16H19N5O5S2. The number of anilines is 2. The van der Waals surface area contributed by atoms with Gasteiger partial charge in [-0.15, -0.1) is 10.2 Å². The van der Waals surface area contributed by atoms with Gasteiger partial charge in [-0.05, 0) is 26.7 Å². The van der Waals surface area contributed by atoms with E-state index in [1.807, 2.05) is 0 Å². The molecule has 150 valence electrons. The van der Waals surface area contributed by atoms with Gasteiger partial charge in [0.1, 0.15) is 16.9 Å². The molecule has 1 aliphatic carbocycles. The molecule has 0 radical (unpaired) electrons. The van der Waals surface area contributed by atoms with E-state index in [4.69, 9.17) is 14.9 Å². The molecule has 0 atom stereocenters. The second-order valence-corrected chi connectivity index (χ2v) is 8.15. The number of amides is 2. The number of nitrogens with one attached hydrogen (secondary N) is 2. The average molecular weight is 425 g/mol. The van der Waals surface area contributed by atoms with Crippen LogP contribution in [0.15, 0.2) is 8.76 Å². The Labute approximate surface area is 168 Å². The van der Waals surface area contributed by atoms with Gasteiger partial charge in [0.05, 0.1) is 12.4 Å². The first kappa shape index (κ1) is 20.1. The Hall–Kier alpha value is -2.60. The van der Waals surface area contributed by atoms with Crippen molar-refractivity contribution in [1.29, 1.82) is 0 Å². The standard InChI is InChI=1S/C16H19N5O5S2/c1-3-25-14(24)10-7(2)26-13(11(10)12(17)23)19-9(22)6-27-16-21-20-15(28-16)18-8-4-5-8/h8H,3-6H2,1-2H3,(H2,17,23)(H,18,20)(H,19,22). The number of nitrogens with zero attached hydrogens (tertiary/aromatic N) is 2. The van der Waals surface area contributed by atoms with Gasteiger partial charge in [-0.2, -0.15) is 0 Å². The lowest BCUT2D eigenvalue weighted by atomic mass is 10.1. The van der Waals surface area contributed by atoms with Gasteiger partial charge in [0, 0.05) is 6.04 Å². The van der Waals surface area contributed by atoms with Crippen molar-refractivity contribution in [2.45, 2.75) is 37.1 Å². The van der Waals surface area contributed by atoms with Gasteiger partial charge in [-0.3, -0.25) is 14.9 Å². The average Bonchev–Trinajstić information content (AvgIpc) is 3.21. The van der Waals surface area contributed by atoms with Gasteiger partial charge in [-0.1, -0.05) is 23.1 Å². The number of primary amides is 1. The summed E-state index contributed by atoms with van der Waals surface area (Å²) in [5.74, 6) is -2.10. The smallest absolute Gasteiger partial charge is 0.342 e. The highest BCUT2D eigenvalue weighted by atomic mass is 32.2. The lowest BCUT2D eigenvalue weighted by Gasteiger charge is -2.04. The summed E-state index contributed by atoms with van der Waals surface area (Å²) in [6.45, 7) is 3.24. The largest absolute Gasteiger partial charge is 0.462 e. The first-order valence-corrected chi connectivity index (χ1v) is 10.3. The molecule has 0 bridgehead atoms. The number of carbonyl (C=O) groups is 3. The zero-order valence-corrected chi connectivity index (χ0v) is 16.9. The van der Waals surface area contributed by atoms with E-state index in [-0.39, 0.29) is 35.1 Å². The molecule has 12 heteroatoms. The number of hydrogen-bond donors (Lipinski definition) is 3. The zero-order valence-electron chi connectivity index (χ0n) is 15.2. The Balaban J connectivity index is 1.64. The van der Waals surface area contributed by atoms with E-state index >= 15 is 0 Å². The molecule has 0 unspecified atom stereocenters. The van der Waals surface area contributed by atoms with Crippen LogP contribution in [-0.2, 0) is 9.53 Å². The Morgan fingerprint density at radius 2 is 2.07 bits per heavy atom. The molecule has 2 heterocycles. The van der Waals surface area contributed by atoms with E-state index < -0.39 is 17.8 Å². The summed E-state index contributed by atoms with van der Waals surface area (Å²) in [5, 5.41) is 14.5. The SMILES string of the molecule is CCOC(=O)c1c(C)oc(NC(=O)CSc2nnc(NC3CC3)s2)c1C(N)=O. The van der Waals surface area contributed by atoms with Crippen molar-refractivity contribution in [2.24, 2.45) is 5.73 Å². The number of esters is 1. The topological polar surface area (TPSA) is 149 Å². The quantitative estimate of drug-likeness (QED) is 0.405. The van der Waals surface area contributed by atoms with Crippen LogP contribution in [-0.4, -0.2) is 46.4 Å². The molecule has 10 nitrogen and oxygen atoms in total. The van der Waals surface area contributed by atoms with E-state index in [9.17, 15) is 14.4 Å². The molecule has 4 N–H and O–H groups in total. The van der Waals surface area contributed by atoms with Crippen LogP contribution in [0.4, 0.5) is 11.0 Å². The Morgan fingerprint density at radius 3 is 2.71 bits per heavy atom. The van der Waals surface area contributed by atoms with Crippen LogP contribution in [0.5, 0.6) is 0 Å². The molecule has 0 spiro atoms. The first-order chi connectivity index (χ1) is 13.4. The van der Waals surface area contributed by atoms with Gasteiger partial charge in [0.2, 0.25) is 16.9 Å². The van der Waals surface area contributed by atoms with Gasteiger partial charge in [0.15, 0.2) is 4.34 Å². The number of rotatable bonds is 9. The molecule has 3 rings (SSSR count). The van der Waals surface area contributed by atoms with E-state index in [0.29, 0.717) is 10.4 Å². The molecule has 1 saturated carbocycles. The number of thioether (sulfide) groups is 1. The maximum absolute atomic E-state index is 12.3. The third-order valence-corrected chi connectivity index (χ3v) is 5.69. The van der Waals surface area contributed by atoms with Crippen LogP contribution in [0.1, 0.15) is 46.2 Å². The van der Waals surface area contributed by atoms with E-state index in [1.54, 1.807) is 6.92 Å². The maximum atomic E-state index is 12.3. The minimum atomic E-state index is -0.900. The van der Waals surface area contributed by atoms with E-state index in [1.165, 1.54) is 30.0 Å².